The van der Waals surface area contributed by atoms with Crippen LogP contribution in [0.1, 0.15) is 32.6 Å². The molecule has 8 nitrogen and oxygen atoms in total. The van der Waals surface area contributed by atoms with Crippen molar-refractivity contribution < 1.29 is 24.2 Å². The van der Waals surface area contributed by atoms with Gasteiger partial charge in [0.25, 0.3) is 5.91 Å². The Balaban J connectivity index is 1.52. The van der Waals surface area contributed by atoms with Gasteiger partial charge in [-0.3, -0.25) is 4.79 Å². The second-order valence-electron chi connectivity index (χ2n) is 7.65. The van der Waals surface area contributed by atoms with Crippen LogP contribution in [0, 0.1) is 13.8 Å². The predicted octanol–water partition coefficient (Wildman–Crippen LogP) is 4.15. The Morgan fingerprint density at radius 2 is 1.74 bits per heavy atom. The molecule has 3 aromatic rings. The van der Waals surface area contributed by atoms with Crippen LogP contribution in [0.4, 0.5) is 5.69 Å². The van der Waals surface area contributed by atoms with Crippen LogP contribution in [0.3, 0.4) is 0 Å². The number of carboxylic acid groups (broad SMARTS) is 1. The average molecular weight is 462 g/mol. The second kappa shape index (κ2) is 11.5. The van der Waals surface area contributed by atoms with Gasteiger partial charge in [0.15, 0.2) is 11.5 Å². The van der Waals surface area contributed by atoms with E-state index < -0.39 is 5.97 Å². The van der Waals surface area contributed by atoms with Gasteiger partial charge in [0, 0.05) is 5.69 Å². The minimum absolute atomic E-state index is 0.101. The van der Waals surface area contributed by atoms with E-state index in [1.165, 1.54) is 31.0 Å². The van der Waals surface area contributed by atoms with Crippen molar-refractivity contribution in [1.29, 1.82) is 0 Å². The number of aromatic carboxylic acids is 1. The maximum atomic E-state index is 12.0. The number of methoxy groups -OCH3 is 1. The predicted molar refractivity (Wildman–Crippen MR) is 131 cm³/mol. The van der Waals surface area contributed by atoms with E-state index in [0.717, 1.165) is 22.4 Å². The van der Waals surface area contributed by atoms with E-state index in [0.29, 0.717) is 11.5 Å². The third-order valence-electron chi connectivity index (χ3n) is 5.15. The molecule has 3 aromatic carbocycles. The van der Waals surface area contributed by atoms with Gasteiger partial charge in [0.1, 0.15) is 6.61 Å². The van der Waals surface area contributed by atoms with Crippen LogP contribution in [-0.2, 0) is 11.4 Å². The highest BCUT2D eigenvalue weighted by molar-refractivity contribution is 5.87. The number of carbonyl (C=O) groups excluding carboxylic acids is 1. The van der Waals surface area contributed by atoms with Crippen LogP contribution >= 0.6 is 0 Å². The van der Waals surface area contributed by atoms with Crippen molar-refractivity contribution in [3.63, 3.8) is 0 Å². The Hall–Kier alpha value is -4.33. The summed E-state index contributed by atoms with van der Waals surface area (Å²) >= 11 is 0. The Labute approximate surface area is 198 Å². The van der Waals surface area contributed by atoms with E-state index >= 15 is 0 Å². The molecule has 0 atom stereocenters. The fourth-order valence-electron chi connectivity index (χ4n) is 3.04. The molecule has 0 fully saturated rings. The Morgan fingerprint density at radius 1 is 0.971 bits per heavy atom. The number of ether oxygens (including phenoxy) is 2. The van der Waals surface area contributed by atoms with E-state index in [2.05, 4.69) is 15.8 Å². The van der Waals surface area contributed by atoms with Gasteiger partial charge in [0.2, 0.25) is 0 Å². The number of amides is 1. The molecule has 0 aliphatic rings. The first-order valence-corrected chi connectivity index (χ1v) is 10.6. The number of nitrogens with one attached hydrogen (secondary N) is 2. The highest BCUT2D eigenvalue weighted by Crippen LogP contribution is 2.28. The lowest BCUT2D eigenvalue weighted by Crippen LogP contribution is -2.25. The summed E-state index contributed by atoms with van der Waals surface area (Å²) in [6.45, 7) is 4.42. The molecule has 1 amide bonds. The molecule has 0 radical (unpaired) electrons. The maximum Gasteiger partial charge on any atom is 0.335 e. The van der Waals surface area contributed by atoms with Crippen LogP contribution in [0.2, 0.25) is 0 Å². The standard InChI is InChI=1S/C26H27N3O5/c1-17-4-10-22(12-18(17)2)27-15-25(30)29-28-14-20-7-11-23(24(13-20)33-3)34-16-19-5-8-21(9-6-19)26(31)32/h4-14,27H,15-16H2,1-3H3,(H,29,30)(H,31,32)/b28-14-. The van der Waals surface area contributed by atoms with Gasteiger partial charge in [-0.2, -0.15) is 5.10 Å². The van der Waals surface area contributed by atoms with Crippen molar-refractivity contribution in [1.82, 2.24) is 5.43 Å². The first-order chi connectivity index (χ1) is 16.4. The monoisotopic (exact) mass is 461 g/mol. The van der Waals surface area contributed by atoms with E-state index in [-0.39, 0.29) is 24.6 Å². The van der Waals surface area contributed by atoms with Crippen LogP contribution in [-0.4, -0.2) is 36.9 Å². The number of carboxylic acids is 1. The molecule has 0 saturated carbocycles. The zero-order valence-corrected chi connectivity index (χ0v) is 19.3. The lowest BCUT2D eigenvalue weighted by Gasteiger charge is -2.11. The number of nitrogens with zero attached hydrogens (tertiary/aromatic N) is 1. The summed E-state index contributed by atoms with van der Waals surface area (Å²) in [7, 11) is 1.53. The van der Waals surface area contributed by atoms with Gasteiger partial charge in [-0.15, -0.1) is 0 Å². The van der Waals surface area contributed by atoms with Crippen LogP contribution in [0.25, 0.3) is 0 Å². The van der Waals surface area contributed by atoms with Gasteiger partial charge >= 0.3 is 5.97 Å². The van der Waals surface area contributed by atoms with Crippen molar-refractivity contribution in [3.8, 4) is 11.5 Å². The normalized spacial score (nSPS) is 10.7. The molecule has 8 heteroatoms. The quantitative estimate of drug-likeness (QED) is 0.309. The summed E-state index contributed by atoms with van der Waals surface area (Å²) in [5.74, 6) is -0.201. The summed E-state index contributed by atoms with van der Waals surface area (Å²) < 4.78 is 11.2. The molecule has 176 valence electrons. The number of carbonyl (C=O) groups is 2. The van der Waals surface area contributed by atoms with Gasteiger partial charge in [0.05, 0.1) is 25.4 Å². The molecule has 0 heterocycles. The van der Waals surface area contributed by atoms with Crippen LogP contribution < -0.4 is 20.2 Å². The third kappa shape index (κ3) is 6.83. The molecule has 34 heavy (non-hydrogen) atoms. The van der Waals surface area contributed by atoms with Gasteiger partial charge in [-0.1, -0.05) is 18.2 Å². The Bertz CT molecular complexity index is 1190. The SMILES string of the molecule is COc1cc(/C=N\NC(=O)CNc2ccc(C)c(C)c2)ccc1OCc1ccc(C(=O)O)cc1. The number of hydrazone groups is 1. The number of hydrogen-bond donors (Lipinski definition) is 3. The lowest BCUT2D eigenvalue weighted by atomic mass is 10.1. The smallest absolute Gasteiger partial charge is 0.335 e. The molecule has 0 unspecified atom stereocenters. The number of benzene rings is 3. The van der Waals surface area contributed by atoms with Gasteiger partial charge < -0.3 is 19.9 Å². The molecule has 0 aromatic heterocycles. The number of rotatable bonds is 10. The Morgan fingerprint density at radius 3 is 2.41 bits per heavy atom. The fraction of sp³-hybridized carbons (Fsp3) is 0.192. The minimum atomic E-state index is -0.972. The molecular weight excluding hydrogens is 434 g/mol. The summed E-state index contributed by atoms with van der Waals surface area (Å²) in [5, 5.41) is 16.0. The summed E-state index contributed by atoms with van der Waals surface area (Å²) in [6.07, 6.45) is 1.52. The zero-order chi connectivity index (χ0) is 24.5. The molecule has 3 rings (SSSR count). The second-order valence-corrected chi connectivity index (χ2v) is 7.65. The van der Waals surface area contributed by atoms with Gasteiger partial charge in [-0.25, -0.2) is 10.2 Å². The summed E-state index contributed by atoms with van der Waals surface area (Å²) in [4.78, 5) is 23.0. The number of aryl methyl sites for hydroxylation is 2. The molecule has 0 saturated heterocycles. The minimum Gasteiger partial charge on any atom is -0.493 e. The van der Waals surface area contributed by atoms with E-state index in [9.17, 15) is 9.59 Å². The number of hydrogen-bond acceptors (Lipinski definition) is 6. The highest BCUT2D eigenvalue weighted by atomic mass is 16.5. The largest absolute Gasteiger partial charge is 0.493 e. The number of anilines is 1. The molecule has 0 aliphatic heterocycles. The topological polar surface area (TPSA) is 109 Å². The van der Waals surface area contributed by atoms with Crippen molar-refractivity contribution in [2.75, 3.05) is 19.0 Å². The molecule has 0 aliphatic carbocycles. The molecule has 0 spiro atoms. The Kier molecular flexibility index (Phi) is 8.23. The molecular formula is C26H27N3O5. The lowest BCUT2D eigenvalue weighted by molar-refractivity contribution is -0.119. The van der Waals surface area contributed by atoms with E-state index in [4.69, 9.17) is 14.6 Å². The van der Waals surface area contributed by atoms with Crippen molar-refractivity contribution in [2.45, 2.75) is 20.5 Å². The maximum absolute atomic E-state index is 12.0. The van der Waals surface area contributed by atoms with Crippen molar-refractivity contribution in [3.05, 3.63) is 88.5 Å². The summed E-state index contributed by atoms with van der Waals surface area (Å²) in [6, 6.07) is 17.7. The summed E-state index contributed by atoms with van der Waals surface area (Å²) in [5.41, 5.74) is 7.49. The third-order valence-corrected chi connectivity index (χ3v) is 5.15. The van der Waals surface area contributed by atoms with E-state index in [1.807, 2.05) is 32.0 Å². The first-order valence-electron chi connectivity index (χ1n) is 10.6. The average Bonchev–Trinajstić information content (AvgIpc) is 2.84. The fourth-order valence-corrected chi connectivity index (χ4v) is 3.04. The first kappa shape index (κ1) is 24.3. The van der Waals surface area contributed by atoms with Crippen molar-refractivity contribution in [2.24, 2.45) is 5.10 Å². The van der Waals surface area contributed by atoms with Gasteiger partial charge in [-0.05, 0) is 78.6 Å². The van der Waals surface area contributed by atoms with Crippen LogP contribution in [0.15, 0.2) is 65.8 Å². The highest BCUT2D eigenvalue weighted by Gasteiger charge is 2.07. The zero-order valence-electron chi connectivity index (χ0n) is 19.3. The molecule has 0 bridgehead atoms. The molecule has 3 N–H and O–H groups in total. The van der Waals surface area contributed by atoms with Crippen LogP contribution in [0.5, 0.6) is 11.5 Å². The van der Waals surface area contributed by atoms with E-state index in [1.54, 1.807) is 30.3 Å². The van der Waals surface area contributed by atoms with Crippen molar-refractivity contribution >= 4 is 23.8 Å².